The number of sulfonamides is 1. The summed E-state index contributed by atoms with van der Waals surface area (Å²) in [6.45, 7) is 8.36. The topological polar surface area (TPSA) is 89.3 Å². The molecule has 0 radical (unpaired) electrons. The van der Waals surface area contributed by atoms with Crippen LogP contribution in [0.25, 0.3) is 0 Å². The molecule has 6 heteroatoms. The lowest BCUT2D eigenvalue weighted by Gasteiger charge is -2.26. The van der Waals surface area contributed by atoms with E-state index in [1.54, 1.807) is 24.3 Å². The molecule has 0 aliphatic rings. The first-order valence-corrected chi connectivity index (χ1v) is 8.58. The van der Waals surface area contributed by atoms with Crippen molar-refractivity contribution in [2.75, 3.05) is 5.32 Å². The SMILES string of the molecule is CC(CC(=O)Nc1ccc(CS(N)(=O)=O)cc1)C(C)(C)C. The van der Waals surface area contributed by atoms with Crippen LogP contribution in [0.4, 0.5) is 5.69 Å². The van der Waals surface area contributed by atoms with Crippen LogP contribution in [0.15, 0.2) is 24.3 Å². The molecule has 0 bridgehead atoms. The number of amides is 1. The molecular weight excluding hydrogens is 288 g/mol. The lowest BCUT2D eigenvalue weighted by molar-refractivity contribution is -0.117. The van der Waals surface area contributed by atoms with Gasteiger partial charge in [0.1, 0.15) is 0 Å². The number of primary sulfonamides is 1. The van der Waals surface area contributed by atoms with Crippen molar-refractivity contribution < 1.29 is 13.2 Å². The number of nitrogens with two attached hydrogens (primary N) is 1. The maximum absolute atomic E-state index is 12.0. The van der Waals surface area contributed by atoms with E-state index in [1.807, 2.05) is 0 Å². The molecule has 1 aromatic carbocycles. The van der Waals surface area contributed by atoms with Gasteiger partial charge in [0.05, 0.1) is 5.75 Å². The van der Waals surface area contributed by atoms with Crippen molar-refractivity contribution >= 4 is 21.6 Å². The van der Waals surface area contributed by atoms with Gasteiger partial charge >= 0.3 is 0 Å². The molecule has 0 heterocycles. The normalized spacial score (nSPS) is 13.8. The minimum atomic E-state index is -3.53. The summed E-state index contributed by atoms with van der Waals surface area (Å²) < 4.78 is 22.0. The lowest BCUT2D eigenvalue weighted by atomic mass is 9.80. The molecule has 21 heavy (non-hydrogen) atoms. The average Bonchev–Trinajstić information content (AvgIpc) is 2.28. The number of carbonyl (C=O) groups is 1. The van der Waals surface area contributed by atoms with Gasteiger partial charge in [0.25, 0.3) is 0 Å². The summed E-state index contributed by atoms with van der Waals surface area (Å²) >= 11 is 0. The van der Waals surface area contributed by atoms with E-state index in [1.165, 1.54) is 0 Å². The third kappa shape index (κ3) is 6.73. The fraction of sp³-hybridized carbons (Fsp3) is 0.533. The van der Waals surface area contributed by atoms with Crippen LogP contribution in [-0.4, -0.2) is 14.3 Å². The number of hydrogen-bond acceptors (Lipinski definition) is 3. The van der Waals surface area contributed by atoms with Gasteiger partial charge in [-0.15, -0.1) is 0 Å². The molecule has 1 atom stereocenters. The van der Waals surface area contributed by atoms with Crippen LogP contribution >= 0.6 is 0 Å². The van der Waals surface area contributed by atoms with Gasteiger partial charge in [0.2, 0.25) is 15.9 Å². The van der Waals surface area contributed by atoms with Gasteiger partial charge < -0.3 is 5.32 Å². The first kappa shape index (κ1) is 17.7. The van der Waals surface area contributed by atoms with Crippen molar-refractivity contribution in [1.82, 2.24) is 0 Å². The highest BCUT2D eigenvalue weighted by molar-refractivity contribution is 7.88. The van der Waals surface area contributed by atoms with E-state index in [2.05, 4.69) is 33.0 Å². The van der Waals surface area contributed by atoms with Crippen molar-refractivity contribution in [3.8, 4) is 0 Å². The standard InChI is InChI=1S/C15H24N2O3S/c1-11(15(2,3)4)9-14(18)17-13-7-5-12(6-8-13)10-21(16,19)20/h5-8,11H,9-10H2,1-4H3,(H,17,18)(H2,16,19,20). The largest absolute Gasteiger partial charge is 0.326 e. The van der Waals surface area contributed by atoms with Crippen LogP contribution in [0.5, 0.6) is 0 Å². The Hall–Kier alpha value is -1.40. The molecule has 1 aromatic rings. The second-order valence-corrected chi connectivity index (χ2v) is 8.14. The average molecular weight is 312 g/mol. The van der Waals surface area contributed by atoms with E-state index in [0.717, 1.165) is 0 Å². The Morgan fingerprint density at radius 1 is 1.24 bits per heavy atom. The highest BCUT2D eigenvalue weighted by atomic mass is 32.2. The molecule has 0 aromatic heterocycles. The molecule has 118 valence electrons. The Morgan fingerprint density at radius 2 is 1.76 bits per heavy atom. The molecule has 0 spiro atoms. The summed E-state index contributed by atoms with van der Waals surface area (Å²) in [4.78, 5) is 12.0. The summed E-state index contributed by atoms with van der Waals surface area (Å²) in [6.07, 6.45) is 0.447. The number of hydrogen-bond donors (Lipinski definition) is 2. The van der Waals surface area contributed by atoms with Gasteiger partial charge in [0, 0.05) is 12.1 Å². The minimum absolute atomic E-state index is 0.0448. The molecule has 0 saturated carbocycles. The van der Waals surface area contributed by atoms with Crippen LogP contribution in [0, 0.1) is 11.3 Å². The van der Waals surface area contributed by atoms with E-state index in [9.17, 15) is 13.2 Å². The zero-order valence-electron chi connectivity index (χ0n) is 13.0. The van der Waals surface area contributed by atoms with Gasteiger partial charge in [0.15, 0.2) is 0 Å². The van der Waals surface area contributed by atoms with E-state index in [0.29, 0.717) is 17.7 Å². The monoisotopic (exact) mass is 312 g/mol. The van der Waals surface area contributed by atoms with Crippen molar-refractivity contribution in [2.45, 2.75) is 39.9 Å². The first-order chi connectivity index (χ1) is 9.47. The molecule has 5 nitrogen and oxygen atoms in total. The van der Waals surface area contributed by atoms with Crippen LogP contribution in [0.2, 0.25) is 0 Å². The van der Waals surface area contributed by atoms with E-state index >= 15 is 0 Å². The summed E-state index contributed by atoms with van der Waals surface area (Å²) in [5, 5.41) is 7.80. The third-order valence-corrected chi connectivity index (χ3v) is 4.31. The van der Waals surface area contributed by atoms with E-state index in [4.69, 9.17) is 5.14 Å². The summed E-state index contributed by atoms with van der Waals surface area (Å²) in [6, 6.07) is 6.65. The summed E-state index contributed by atoms with van der Waals surface area (Å²) in [5.74, 6) is 0.0122. The number of anilines is 1. The van der Waals surface area contributed by atoms with Crippen LogP contribution in [0.3, 0.4) is 0 Å². The van der Waals surface area contributed by atoms with Gasteiger partial charge in [-0.3, -0.25) is 4.79 Å². The van der Waals surface area contributed by atoms with Gasteiger partial charge in [-0.1, -0.05) is 39.8 Å². The van der Waals surface area contributed by atoms with Crippen molar-refractivity contribution in [3.05, 3.63) is 29.8 Å². The first-order valence-electron chi connectivity index (χ1n) is 6.86. The van der Waals surface area contributed by atoms with E-state index < -0.39 is 10.0 Å². The van der Waals surface area contributed by atoms with Gasteiger partial charge in [-0.25, -0.2) is 13.6 Å². The molecular formula is C15H24N2O3S. The predicted octanol–water partition coefficient (Wildman–Crippen LogP) is 2.49. The lowest BCUT2D eigenvalue weighted by Crippen LogP contribution is -2.23. The second kappa shape index (κ2) is 6.58. The highest BCUT2D eigenvalue weighted by Crippen LogP contribution is 2.28. The third-order valence-electron chi connectivity index (χ3n) is 3.58. The van der Waals surface area contributed by atoms with Gasteiger partial charge in [-0.05, 0) is 29.0 Å². The maximum atomic E-state index is 12.0. The van der Waals surface area contributed by atoms with Crippen molar-refractivity contribution in [1.29, 1.82) is 0 Å². The summed E-state index contributed by atoms with van der Waals surface area (Å²) in [5.41, 5.74) is 1.33. The Bertz CT molecular complexity index is 586. The molecule has 0 saturated heterocycles. The Kier molecular flexibility index (Phi) is 5.53. The number of nitrogens with one attached hydrogen (secondary N) is 1. The fourth-order valence-electron chi connectivity index (χ4n) is 1.71. The Labute approximate surface area is 127 Å². The van der Waals surface area contributed by atoms with Crippen molar-refractivity contribution in [2.24, 2.45) is 16.5 Å². The minimum Gasteiger partial charge on any atom is -0.326 e. The second-order valence-electron chi connectivity index (χ2n) is 6.52. The molecule has 0 aliphatic heterocycles. The Balaban J connectivity index is 2.62. The zero-order valence-corrected chi connectivity index (χ0v) is 13.8. The molecule has 1 rings (SSSR count). The van der Waals surface area contributed by atoms with Crippen molar-refractivity contribution in [3.63, 3.8) is 0 Å². The number of rotatable bonds is 5. The highest BCUT2D eigenvalue weighted by Gasteiger charge is 2.22. The fourth-order valence-corrected chi connectivity index (χ4v) is 2.37. The molecule has 1 amide bonds. The molecule has 0 aliphatic carbocycles. The molecule has 0 fully saturated rings. The summed E-state index contributed by atoms with van der Waals surface area (Å²) in [7, 11) is -3.53. The smallest absolute Gasteiger partial charge is 0.224 e. The Morgan fingerprint density at radius 3 is 2.19 bits per heavy atom. The molecule has 1 unspecified atom stereocenters. The number of benzene rings is 1. The predicted molar refractivity (Wildman–Crippen MR) is 85.1 cm³/mol. The number of carbonyl (C=O) groups excluding carboxylic acids is 1. The van der Waals surface area contributed by atoms with Crippen LogP contribution in [0.1, 0.15) is 39.7 Å². The van der Waals surface area contributed by atoms with E-state index in [-0.39, 0.29) is 23.0 Å². The maximum Gasteiger partial charge on any atom is 0.224 e. The molecule has 3 N–H and O–H groups in total. The quantitative estimate of drug-likeness (QED) is 0.875. The zero-order chi connectivity index (χ0) is 16.3. The van der Waals surface area contributed by atoms with Crippen LogP contribution < -0.4 is 10.5 Å². The van der Waals surface area contributed by atoms with Gasteiger partial charge in [-0.2, -0.15) is 0 Å². The van der Waals surface area contributed by atoms with Crippen LogP contribution in [-0.2, 0) is 20.6 Å².